The highest BCUT2D eigenvalue weighted by Gasteiger charge is 2.11. The van der Waals surface area contributed by atoms with Crippen molar-refractivity contribution >= 4 is 5.78 Å². The van der Waals surface area contributed by atoms with Gasteiger partial charge in [0.2, 0.25) is 0 Å². The summed E-state index contributed by atoms with van der Waals surface area (Å²) in [5.74, 6) is 0.888. The average Bonchev–Trinajstić information content (AvgIpc) is 2.76. The zero-order valence-electron chi connectivity index (χ0n) is 18.0. The molecule has 0 aliphatic carbocycles. The highest BCUT2D eigenvalue weighted by molar-refractivity contribution is 5.98. The van der Waals surface area contributed by atoms with E-state index in [1.807, 2.05) is 42.5 Å². The minimum atomic E-state index is 0.168. The standard InChI is InChI=1S/C26H37NO2/c1-2-3-4-5-11-20-27-21-13-22-29-26-19-10-9-17-24(26)25(28)18-12-16-23-14-7-6-8-15-23/h6-10,14-15,17,19,27H,2-5,11-13,16,18,20-22H2,1H3. The van der Waals surface area contributed by atoms with Crippen LogP contribution in [-0.4, -0.2) is 25.5 Å². The van der Waals surface area contributed by atoms with E-state index in [9.17, 15) is 4.79 Å². The fourth-order valence-electron chi connectivity index (χ4n) is 3.41. The summed E-state index contributed by atoms with van der Waals surface area (Å²) in [5, 5.41) is 3.48. The maximum atomic E-state index is 12.6. The summed E-state index contributed by atoms with van der Waals surface area (Å²) >= 11 is 0. The third-order valence-electron chi connectivity index (χ3n) is 5.11. The van der Waals surface area contributed by atoms with Gasteiger partial charge in [-0.3, -0.25) is 4.79 Å². The molecule has 0 amide bonds. The molecule has 2 rings (SSSR count). The molecule has 3 heteroatoms. The smallest absolute Gasteiger partial charge is 0.166 e. The molecule has 0 spiro atoms. The van der Waals surface area contributed by atoms with Crippen LogP contribution in [0.1, 0.15) is 74.2 Å². The first-order valence-corrected chi connectivity index (χ1v) is 11.3. The molecule has 2 aromatic rings. The number of carbonyl (C=O) groups is 1. The Kier molecular flexibility index (Phi) is 11.8. The lowest BCUT2D eigenvalue weighted by Gasteiger charge is -2.11. The second-order valence-electron chi connectivity index (χ2n) is 7.62. The van der Waals surface area contributed by atoms with Gasteiger partial charge in [-0.15, -0.1) is 0 Å². The van der Waals surface area contributed by atoms with Crippen LogP contribution < -0.4 is 10.1 Å². The minimum Gasteiger partial charge on any atom is -0.493 e. The quantitative estimate of drug-likeness (QED) is 0.271. The lowest BCUT2D eigenvalue weighted by molar-refractivity contribution is 0.0976. The molecule has 1 N–H and O–H groups in total. The molecule has 0 aromatic heterocycles. The summed E-state index contributed by atoms with van der Waals surface area (Å²) in [5.41, 5.74) is 1.99. The van der Waals surface area contributed by atoms with Crippen LogP contribution in [0.3, 0.4) is 0 Å². The maximum absolute atomic E-state index is 12.6. The molecule has 0 atom stereocenters. The first kappa shape index (κ1) is 23.2. The van der Waals surface area contributed by atoms with Crippen molar-refractivity contribution in [2.75, 3.05) is 19.7 Å². The van der Waals surface area contributed by atoms with Crippen molar-refractivity contribution in [3.8, 4) is 5.75 Å². The fraction of sp³-hybridized carbons (Fsp3) is 0.500. The van der Waals surface area contributed by atoms with Crippen LogP contribution in [0.15, 0.2) is 54.6 Å². The van der Waals surface area contributed by atoms with Crippen LogP contribution >= 0.6 is 0 Å². The largest absolute Gasteiger partial charge is 0.493 e. The van der Waals surface area contributed by atoms with Gasteiger partial charge >= 0.3 is 0 Å². The van der Waals surface area contributed by atoms with Gasteiger partial charge in [0.25, 0.3) is 0 Å². The van der Waals surface area contributed by atoms with Crippen molar-refractivity contribution in [1.82, 2.24) is 5.32 Å². The molecule has 0 saturated carbocycles. The number of unbranched alkanes of at least 4 members (excludes halogenated alkanes) is 4. The molecule has 0 heterocycles. The van der Waals surface area contributed by atoms with Crippen molar-refractivity contribution < 1.29 is 9.53 Å². The number of benzene rings is 2. The Morgan fingerprint density at radius 1 is 0.828 bits per heavy atom. The Balaban J connectivity index is 1.64. The van der Waals surface area contributed by atoms with Crippen molar-refractivity contribution in [2.24, 2.45) is 0 Å². The highest BCUT2D eigenvalue weighted by atomic mass is 16.5. The van der Waals surface area contributed by atoms with E-state index >= 15 is 0 Å². The van der Waals surface area contributed by atoms with E-state index < -0.39 is 0 Å². The number of para-hydroxylation sites is 1. The molecule has 0 radical (unpaired) electrons. The van der Waals surface area contributed by atoms with E-state index in [2.05, 4.69) is 24.4 Å². The van der Waals surface area contributed by atoms with E-state index in [0.29, 0.717) is 18.6 Å². The summed E-state index contributed by atoms with van der Waals surface area (Å²) in [4.78, 5) is 12.6. The second-order valence-corrected chi connectivity index (χ2v) is 7.62. The summed E-state index contributed by atoms with van der Waals surface area (Å²) in [6.45, 7) is 4.92. The third-order valence-corrected chi connectivity index (χ3v) is 5.11. The van der Waals surface area contributed by atoms with Crippen molar-refractivity contribution in [1.29, 1.82) is 0 Å². The summed E-state index contributed by atoms with van der Waals surface area (Å²) in [7, 11) is 0. The zero-order chi connectivity index (χ0) is 20.6. The zero-order valence-corrected chi connectivity index (χ0v) is 18.0. The van der Waals surface area contributed by atoms with Crippen LogP contribution in [0.2, 0.25) is 0 Å². The van der Waals surface area contributed by atoms with Gasteiger partial charge in [0.05, 0.1) is 12.2 Å². The van der Waals surface area contributed by atoms with Gasteiger partial charge in [-0.1, -0.05) is 75.1 Å². The van der Waals surface area contributed by atoms with Crippen LogP contribution in [-0.2, 0) is 6.42 Å². The number of ether oxygens (including phenoxy) is 1. The van der Waals surface area contributed by atoms with Gasteiger partial charge < -0.3 is 10.1 Å². The van der Waals surface area contributed by atoms with Crippen LogP contribution in [0.4, 0.5) is 0 Å². The average molecular weight is 396 g/mol. The van der Waals surface area contributed by atoms with Gasteiger partial charge in [-0.25, -0.2) is 0 Å². The molecule has 158 valence electrons. The number of ketones is 1. The van der Waals surface area contributed by atoms with Crippen LogP contribution in [0.25, 0.3) is 0 Å². The first-order chi connectivity index (χ1) is 14.3. The maximum Gasteiger partial charge on any atom is 0.166 e. The van der Waals surface area contributed by atoms with E-state index in [1.54, 1.807) is 0 Å². The Hall–Kier alpha value is -2.13. The monoisotopic (exact) mass is 395 g/mol. The third kappa shape index (κ3) is 9.76. The number of rotatable bonds is 16. The van der Waals surface area contributed by atoms with Crippen molar-refractivity contribution in [2.45, 2.75) is 64.7 Å². The van der Waals surface area contributed by atoms with Gasteiger partial charge in [0.15, 0.2) is 5.78 Å². The molecule has 2 aromatic carbocycles. The summed E-state index contributed by atoms with van der Waals surface area (Å²) in [6, 6.07) is 18.0. The molecule has 3 nitrogen and oxygen atoms in total. The fourth-order valence-corrected chi connectivity index (χ4v) is 3.41. The van der Waals surface area contributed by atoms with Gasteiger partial charge in [-0.2, -0.15) is 0 Å². The Morgan fingerprint density at radius 2 is 1.55 bits per heavy atom. The second kappa shape index (κ2) is 14.8. The highest BCUT2D eigenvalue weighted by Crippen LogP contribution is 2.21. The predicted octanol–water partition coefficient (Wildman–Crippen LogP) is 6.22. The van der Waals surface area contributed by atoms with Crippen molar-refractivity contribution in [3.63, 3.8) is 0 Å². The number of nitrogens with one attached hydrogen (secondary N) is 1. The minimum absolute atomic E-state index is 0.168. The van der Waals surface area contributed by atoms with E-state index in [-0.39, 0.29) is 5.78 Å². The molecule has 29 heavy (non-hydrogen) atoms. The lowest BCUT2D eigenvalue weighted by atomic mass is 10.0. The van der Waals surface area contributed by atoms with E-state index in [0.717, 1.165) is 38.1 Å². The normalized spacial score (nSPS) is 10.8. The van der Waals surface area contributed by atoms with Crippen LogP contribution in [0, 0.1) is 0 Å². The predicted molar refractivity (Wildman–Crippen MR) is 122 cm³/mol. The molecular formula is C26H37NO2. The number of carbonyl (C=O) groups excluding carboxylic acids is 1. The molecule has 0 fully saturated rings. The number of hydrogen-bond donors (Lipinski definition) is 1. The Bertz CT molecular complexity index is 684. The Morgan fingerprint density at radius 3 is 2.38 bits per heavy atom. The first-order valence-electron chi connectivity index (χ1n) is 11.3. The molecule has 0 unspecified atom stereocenters. The number of Topliss-reactive ketones (excluding diaryl/α,β-unsaturated/α-hetero) is 1. The molecule has 0 aliphatic rings. The molecular weight excluding hydrogens is 358 g/mol. The number of aryl methyl sites for hydroxylation is 1. The van der Waals surface area contributed by atoms with Gasteiger partial charge in [0, 0.05) is 6.42 Å². The van der Waals surface area contributed by atoms with E-state index in [4.69, 9.17) is 4.74 Å². The van der Waals surface area contributed by atoms with Gasteiger partial charge in [-0.05, 0) is 56.5 Å². The number of hydrogen-bond acceptors (Lipinski definition) is 3. The Labute approximate surface area is 176 Å². The topological polar surface area (TPSA) is 38.3 Å². The van der Waals surface area contributed by atoms with Crippen LogP contribution in [0.5, 0.6) is 5.75 Å². The van der Waals surface area contributed by atoms with Crippen molar-refractivity contribution in [3.05, 3.63) is 65.7 Å². The molecule has 0 saturated heterocycles. The van der Waals surface area contributed by atoms with Gasteiger partial charge in [0.1, 0.15) is 5.75 Å². The summed E-state index contributed by atoms with van der Waals surface area (Å²) in [6.07, 6.45) is 9.84. The summed E-state index contributed by atoms with van der Waals surface area (Å²) < 4.78 is 5.92. The van der Waals surface area contributed by atoms with E-state index in [1.165, 1.54) is 37.7 Å². The molecule has 0 bridgehead atoms. The SMILES string of the molecule is CCCCCCCNCCCOc1ccccc1C(=O)CCCc1ccccc1. The lowest BCUT2D eigenvalue weighted by Crippen LogP contribution is -2.19. The molecule has 0 aliphatic heterocycles.